The summed E-state index contributed by atoms with van der Waals surface area (Å²) in [6.07, 6.45) is 6.94. The van der Waals surface area contributed by atoms with Crippen molar-refractivity contribution in [2.45, 2.75) is 38.6 Å². The van der Waals surface area contributed by atoms with Gasteiger partial charge in [-0.05, 0) is 50.6 Å². The van der Waals surface area contributed by atoms with Crippen molar-refractivity contribution in [2.75, 3.05) is 18.4 Å². The quantitative estimate of drug-likeness (QED) is 0.861. The highest BCUT2D eigenvalue weighted by molar-refractivity contribution is 5.59. The Labute approximate surface area is 133 Å². The van der Waals surface area contributed by atoms with E-state index in [1.54, 1.807) is 0 Å². The molecule has 1 aromatic heterocycles. The van der Waals surface area contributed by atoms with Gasteiger partial charge in [0.1, 0.15) is 5.82 Å². The fraction of sp³-hybridized carbons (Fsp3) is 0.421. The molecule has 116 valence electrons. The molecule has 1 saturated heterocycles. The Balaban J connectivity index is 1.86. The van der Waals surface area contributed by atoms with Gasteiger partial charge in [0.15, 0.2) is 0 Å². The number of hydrogen-bond donors (Lipinski definition) is 1. The molecular formula is C19H25N3. The average Bonchev–Trinajstić information content (AvgIpc) is 2.57. The van der Waals surface area contributed by atoms with Crippen LogP contribution in [0.5, 0.6) is 0 Å². The van der Waals surface area contributed by atoms with Crippen LogP contribution in [0.4, 0.5) is 11.5 Å². The van der Waals surface area contributed by atoms with E-state index < -0.39 is 0 Å². The smallest absolute Gasteiger partial charge is 0.135 e. The van der Waals surface area contributed by atoms with Crippen molar-refractivity contribution in [3.05, 3.63) is 54.2 Å². The van der Waals surface area contributed by atoms with E-state index in [2.05, 4.69) is 58.5 Å². The number of nitrogens with one attached hydrogen (secondary N) is 1. The first-order valence-corrected chi connectivity index (χ1v) is 8.39. The summed E-state index contributed by atoms with van der Waals surface area (Å²) in [5.74, 6) is 1.00. The molecule has 0 saturated carbocycles. The third-order valence-corrected chi connectivity index (χ3v) is 4.36. The fourth-order valence-electron chi connectivity index (χ4n) is 3.35. The van der Waals surface area contributed by atoms with E-state index in [-0.39, 0.29) is 0 Å². The van der Waals surface area contributed by atoms with E-state index >= 15 is 0 Å². The van der Waals surface area contributed by atoms with Crippen LogP contribution in [-0.4, -0.2) is 23.0 Å². The Hall–Kier alpha value is -1.87. The van der Waals surface area contributed by atoms with Crippen molar-refractivity contribution < 1.29 is 0 Å². The van der Waals surface area contributed by atoms with Crippen molar-refractivity contribution in [1.82, 2.24) is 9.88 Å². The van der Waals surface area contributed by atoms with Gasteiger partial charge in [-0.2, -0.15) is 0 Å². The third kappa shape index (κ3) is 3.47. The SMILES string of the molecule is CCCN1CCCC[C@@H]1c1cccnc1Nc1ccccc1. The predicted octanol–water partition coefficient (Wildman–Crippen LogP) is 4.76. The molecule has 0 aliphatic carbocycles. The molecule has 1 fully saturated rings. The Kier molecular flexibility index (Phi) is 5.07. The topological polar surface area (TPSA) is 28.2 Å². The standard InChI is InChI=1S/C19H25N3/c1-2-14-22-15-7-6-12-18(22)17-11-8-13-20-19(17)21-16-9-4-3-5-10-16/h3-5,8-11,13,18H,2,6-7,12,14-15H2,1H3,(H,20,21)/t18-/m1/s1. The van der Waals surface area contributed by atoms with E-state index in [9.17, 15) is 0 Å². The normalized spacial score (nSPS) is 19.0. The van der Waals surface area contributed by atoms with Crippen LogP contribution in [0.15, 0.2) is 48.7 Å². The van der Waals surface area contributed by atoms with Crippen LogP contribution in [0.1, 0.15) is 44.2 Å². The second kappa shape index (κ2) is 7.41. The number of aromatic nitrogens is 1. The molecule has 2 heterocycles. The zero-order valence-electron chi connectivity index (χ0n) is 13.3. The van der Waals surface area contributed by atoms with Crippen LogP contribution in [0.3, 0.4) is 0 Å². The number of pyridine rings is 1. The first-order chi connectivity index (χ1) is 10.9. The summed E-state index contributed by atoms with van der Waals surface area (Å²) in [5.41, 5.74) is 2.43. The summed E-state index contributed by atoms with van der Waals surface area (Å²) in [7, 11) is 0. The highest BCUT2D eigenvalue weighted by Gasteiger charge is 2.25. The summed E-state index contributed by atoms with van der Waals surface area (Å²) in [6.45, 7) is 4.64. The van der Waals surface area contributed by atoms with Crippen molar-refractivity contribution in [3.8, 4) is 0 Å². The van der Waals surface area contributed by atoms with Gasteiger partial charge in [-0.1, -0.05) is 37.6 Å². The van der Waals surface area contributed by atoms with Crippen molar-refractivity contribution in [2.24, 2.45) is 0 Å². The molecule has 0 bridgehead atoms. The maximum Gasteiger partial charge on any atom is 0.135 e. The number of rotatable bonds is 5. The molecule has 0 amide bonds. The number of anilines is 2. The van der Waals surface area contributed by atoms with Crippen LogP contribution in [0.2, 0.25) is 0 Å². The Bertz CT molecular complexity index is 580. The minimum atomic E-state index is 0.494. The van der Waals surface area contributed by atoms with E-state index in [1.165, 1.54) is 44.3 Å². The number of para-hydroxylation sites is 1. The Morgan fingerprint density at radius 2 is 2.00 bits per heavy atom. The average molecular weight is 295 g/mol. The summed E-state index contributed by atoms with van der Waals surface area (Å²) in [5, 5.41) is 3.49. The summed E-state index contributed by atoms with van der Waals surface area (Å²) in [4.78, 5) is 7.23. The lowest BCUT2D eigenvalue weighted by atomic mass is 9.95. The molecule has 1 N–H and O–H groups in total. The van der Waals surface area contributed by atoms with Gasteiger partial charge in [0.25, 0.3) is 0 Å². The van der Waals surface area contributed by atoms with Gasteiger partial charge in [0.2, 0.25) is 0 Å². The first-order valence-electron chi connectivity index (χ1n) is 8.39. The highest BCUT2D eigenvalue weighted by Crippen LogP contribution is 2.35. The third-order valence-electron chi connectivity index (χ3n) is 4.36. The van der Waals surface area contributed by atoms with Gasteiger partial charge in [-0.15, -0.1) is 0 Å². The minimum Gasteiger partial charge on any atom is -0.340 e. The molecule has 3 rings (SSSR count). The first kappa shape index (κ1) is 15.0. The number of benzene rings is 1. The molecule has 0 spiro atoms. The van der Waals surface area contributed by atoms with Crippen LogP contribution < -0.4 is 5.32 Å². The number of hydrogen-bond acceptors (Lipinski definition) is 3. The van der Waals surface area contributed by atoms with Gasteiger partial charge in [0, 0.05) is 23.5 Å². The zero-order valence-corrected chi connectivity index (χ0v) is 13.3. The number of nitrogens with zero attached hydrogens (tertiary/aromatic N) is 2. The van der Waals surface area contributed by atoms with Crippen molar-refractivity contribution >= 4 is 11.5 Å². The fourth-order valence-corrected chi connectivity index (χ4v) is 3.35. The summed E-state index contributed by atoms with van der Waals surface area (Å²) in [6, 6.07) is 15.1. The van der Waals surface area contributed by atoms with E-state index in [4.69, 9.17) is 0 Å². The largest absolute Gasteiger partial charge is 0.340 e. The molecule has 0 unspecified atom stereocenters. The molecular weight excluding hydrogens is 270 g/mol. The van der Waals surface area contributed by atoms with Crippen LogP contribution in [0, 0.1) is 0 Å². The maximum atomic E-state index is 4.61. The molecule has 1 atom stereocenters. The van der Waals surface area contributed by atoms with Gasteiger partial charge in [-0.3, -0.25) is 4.90 Å². The molecule has 2 aromatic rings. The van der Waals surface area contributed by atoms with Crippen molar-refractivity contribution in [1.29, 1.82) is 0 Å². The lowest BCUT2D eigenvalue weighted by Crippen LogP contribution is -2.34. The van der Waals surface area contributed by atoms with E-state index in [0.717, 1.165) is 11.5 Å². The highest BCUT2D eigenvalue weighted by atomic mass is 15.2. The lowest BCUT2D eigenvalue weighted by Gasteiger charge is -2.36. The second-order valence-corrected chi connectivity index (χ2v) is 5.98. The zero-order chi connectivity index (χ0) is 15.2. The Morgan fingerprint density at radius 1 is 1.14 bits per heavy atom. The molecule has 3 heteroatoms. The van der Waals surface area contributed by atoms with Crippen LogP contribution in [0.25, 0.3) is 0 Å². The van der Waals surface area contributed by atoms with Crippen LogP contribution >= 0.6 is 0 Å². The van der Waals surface area contributed by atoms with Gasteiger partial charge in [0.05, 0.1) is 0 Å². The second-order valence-electron chi connectivity index (χ2n) is 5.98. The maximum absolute atomic E-state index is 4.61. The van der Waals surface area contributed by atoms with Gasteiger partial charge >= 0.3 is 0 Å². The summed E-state index contributed by atoms with van der Waals surface area (Å²) < 4.78 is 0. The van der Waals surface area contributed by atoms with Gasteiger partial charge < -0.3 is 5.32 Å². The summed E-state index contributed by atoms with van der Waals surface area (Å²) >= 11 is 0. The van der Waals surface area contributed by atoms with Crippen LogP contribution in [-0.2, 0) is 0 Å². The van der Waals surface area contributed by atoms with E-state index in [0.29, 0.717) is 6.04 Å². The van der Waals surface area contributed by atoms with Crippen molar-refractivity contribution in [3.63, 3.8) is 0 Å². The molecule has 0 radical (unpaired) electrons. The molecule has 1 aliphatic rings. The Morgan fingerprint density at radius 3 is 2.82 bits per heavy atom. The number of likely N-dealkylation sites (tertiary alicyclic amines) is 1. The lowest BCUT2D eigenvalue weighted by molar-refractivity contribution is 0.149. The molecule has 22 heavy (non-hydrogen) atoms. The molecule has 1 aliphatic heterocycles. The monoisotopic (exact) mass is 295 g/mol. The number of piperidine rings is 1. The molecule has 1 aromatic carbocycles. The van der Waals surface area contributed by atoms with Gasteiger partial charge in [-0.25, -0.2) is 4.98 Å². The predicted molar refractivity (Wildman–Crippen MR) is 92.4 cm³/mol. The molecule has 3 nitrogen and oxygen atoms in total. The van der Waals surface area contributed by atoms with E-state index in [1.807, 2.05) is 12.3 Å². The minimum absolute atomic E-state index is 0.494.